The van der Waals surface area contributed by atoms with Crippen molar-refractivity contribution < 1.29 is 0 Å². The van der Waals surface area contributed by atoms with E-state index < -0.39 is 0 Å². The molecule has 1 rings (SSSR count). The molecule has 0 heterocycles. The standard InChI is InChI=1S/C13H26.2C2H6/c1-12(2,3)13(4,5)11-9-7-6-8-10-11;2*1-2/h11H,6-10H2,1-5H3;2*1-2H3. The average molecular weight is 242 g/mol. The van der Waals surface area contributed by atoms with Gasteiger partial charge in [-0.05, 0) is 29.6 Å². The lowest BCUT2D eigenvalue weighted by molar-refractivity contribution is 0.0328. The third-order valence-corrected chi connectivity index (χ3v) is 4.56. The van der Waals surface area contributed by atoms with E-state index in [9.17, 15) is 0 Å². The number of rotatable bonds is 1. The second kappa shape index (κ2) is 9.00. The molecule has 0 amide bonds. The quantitative estimate of drug-likeness (QED) is 0.480. The molecule has 0 spiro atoms. The Balaban J connectivity index is 0. The van der Waals surface area contributed by atoms with E-state index in [1.54, 1.807) is 0 Å². The minimum atomic E-state index is 0.453. The molecule has 0 saturated heterocycles. The lowest BCUT2D eigenvalue weighted by atomic mass is 9.59. The van der Waals surface area contributed by atoms with Gasteiger partial charge in [0, 0.05) is 0 Å². The molecule has 0 nitrogen and oxygen atoms in total. The van der Waals surface area contributed by atoms with Gasteiger partial charge in [0.25, 0.3) is 0 Å². The van der Waals surface area contributed by atoms with E-state index in [0.717, 1.165) is 5.92 Å². The van der Waals surface area contributed by atoms with Crippen molar-refractivity contribution in [1.29, 1.82) is 0 Å². The lowest BCUT2D eigenvalue weighted by Crippen LogP contribution is -2.38. The largest absolute Gasteiger partial charge is 0.0683 e. The summed E-state index contributed by atoms with van der Waals surface area (Å²) in [6, 6.07) is 0. The van der Waals surface area contributed by atoms with Crippen LogP contribution in [0.1, 0.15) is 94.4 Å². The summed E-state index contributed by atoms with van der Waals surface area (Å²) in [6.07, 6.45) is 7.32. The molecule has 0 aromatic heterocycles. The molecule has 1 fully saturated rings. The second-order valence-electron chi connectivity index (χ2n) is 6.31. The van der Waals surface area contributed by atoms with Gasteiger partial charge in [-0.2, -0.15) is 0 Å². The Kier molecular flexibility index (Phi) is 10.2. The van der Waals surface area contributed by atoms with Crippen LogP contribution in [0.15, 0.2) is 0 Å². The smallest absolute Gasteiger partial charge is 0.0277 e. The van der Waals surface area contributed by atoms with Crippen molar-refractivity contribution in [3.05, 3.63) is 0 Å². The van der Waals surface area contributed by atoms with Gasteiger partial charge in [-0.25, -0.2) is 0 Å². The fourth-order valence-electron chi connectivity index (χ4n) is 2.44. The van der Waals surface area contributed by atoms with Crippen molar-refractivity contribution in [2.75, 3.05) is 0 Å². The molecule has 0 atom stereocenters. The number of hydrogen-bond donors (Lipinski definition) is 0. The van der Waals surface area contributed by atoms with Gasteiger partial charge in [-0.3, -0.25) is 0 Å². The number of hydrogen-bond acceptors (Lipinski definition) is 0. The van der Waals surface area contributed by atoms with Gasteiger partial charge in [0.2, 0.25) is 0 Å². The maximum Gasteiger partial charge on any atom is -0.0277 e. The van der Waals surface area contributed by atoms with Crippen molar-refractivity contribution in [3.63, 3.8) is 0 Å². The Morgan fingerprint density at radius 3 is 1.29 bits per heavy atom. The average Bonchev–Trinajstić information content (AvgIpc) is 2.34. The molecule has 0 unspecified atom stereocenters. The summed E-state index contributed by atoms with van der Waals surface area (Å²) in [6.45, 7) is 20.1. The molecular weight excluding hydrogens is 204 g/mol. The van der Waals surface area contributed by atoms with E-state index in [-0.39, 0.29) is 0 Å². The summed E-state index contributed by atoms with van der Waals surface area (Å²) < 4.78 is 0. The summed E-state index contributed by atoms with van der Waals surface area (Å²) in [4.78, 5) is 0. The van der Waals surface area contributed by atoms with E-state index >= 15 is 0 Å². The molecule has 0 aromatic carbocycles. The van der Waals surface area contributed by atoms with Crippen LogP contribution in [0.4, 0.5) is 0 Å². The predicted molar refractivity (Wildman–Crippen MR) is 82.5 cm³/mol. The van der Waals surface area contributed by atoms with Gasteiger partial charge in [0.15, 0.2) is 0 Å². The van der Waals surface area contributed by atoms with Gasteiger partial charge in [-0.15, -0.1) is 0 Å². The van der Waals surface area contributed by atoms with Crippen molar-refractivity contribution >= 4 is 0 Å². The zero-order chi connectivity index (χ0) is 14.1. The fourth-order valence-corrected chi connectivity index (χ4v) is 2.44. The summed E-state index contributed by atoms with van der Waals surface area (Å²) in [5.41, 5.74) is 0.961. The first-order valence-corrected chi connectivity index (χ1v) is 7.86. The van der Waals surface area contributed by atoms with Gasteiger partial charge >= 0.3 is 0 Å². The van der Waals surface area contributed by atoms with Crippen LogP contribution >= 0.6 is 0 Å². The topological polar surface area (TPSA) is 0 Å². The van der Waals surface area contributed by atoms with Gasteiger partial charge in [0.05, 0.1) is 0 Å². The molecule has 1 aliphatic rings. The Bertz CT molecular complexity index is 153. The maximum atomic E-state index is 2.46. The third kappa shape index (κ3) is 5.93. The SMILES string of the molecule is CC.CC.CC(C)(C)C(C)(C)C1CCCCC1. The molecule has 1 saturated carbocycles. The van der Waals surface area contributed by atoms with Crippen LogP contribution in [0.5, 0.6) is 0 Å². The van der Waals surface area contributed by atoms with Crippen molar-refractivity contribution in [3.8, 4) is 0 Å². The van der Waals surface area contributed by atoms with Crippen LogP contribution < -0.4 is 0 Å². The Morgan fingerprint density at radius 1 is 0.647 bits per heavy atom. The van der Waals surface area contributed by atoms with Crippen LogP contribution in [-0.4, -0.2) is 0 Å². The van der Waals surface area contributed by atoms with E-state index in [4.69, 9.17) is 0 Å². The molecule has 0 radical (unpaired) electrons. The highest BCUT2D eigenvalue weighted by molar-refractivity contribution is 4.89. The molecule has 1 aliphatic carbocycles. The van der Waals surface area contributed by atoms with E-state index in [1.165, 1.54) is 32.1 Å². The molecule has 0 aliphatic heterocycles. The minimum Gasteiger partial charge on any atom is -0.0683 e. The first kappa shape index (κ1) is 19.3. The fraction of sp³-hybridized carbons (Fsp3) is 1.00. The lowest BCUT2D eigenvalue weighted by Gasteiger charge is -2.46. The molecule has 0 bridgehead atoms. The van der Waals surface area contributed by atoms with Crippen LogP contribution in [0, 0.1) is 16.7 Å². The van der Waals surface area contributed by atoms with E-state index in [0.29, 0.717) is 10.8 Å². The highest BCUT2D eigenvalue weighted by atomic mass is 14.4. The zero-order valence-corrected chi connectivity index (χ0v) is 14.1. The summed E-state index contributed by atoms with van der Waals surface area (Å²) in [5.74, 6) is 0.959. The molecular formula is C17H38. The highest BCUT2D eigenvalue weighted by Gasteiger charge is 2.39. The van der Waals surface area contributed by atoms with Crippen molar-refractivity contribution in [1.82, 2.24) is 0 Å². The maximum absolute atomic E-state index is 2.46. The minimum absolute atomic E-state index is 0.453. The first-order chi connectivity index (χ1) is 7.86. The monoisotopic (exact) mass is 242 g/mol. The van der Waals surface area contributed by atoms with E-state index in [2.05, 4.69) is 34.6 Å². The van der Waals surface area contributed by atoms with Crippen molar-refractivity contribution in [2.45, 2.75) is 94.4 Å². The Labute approximate surface area is 112 Å². The Morgan fingerprint density at radius 2 is 1.00 bits per heavy atom. The van der Waals surface area contributed by atoms with Crippen LogP contribution in [0.25, 0.3) is 0 Å². The summed E-state index contributed by atoms with van der Waals surface area (Å²) in [7, 11) is 0. The molecule has 0 N–H and O–H groups in total. The zero-order valence-electron chi connectivity index (χ0n) is 14.1. The molecule has 0 aromatic rings. The van der Waals surface area contributed by atoms with E-state index in [1.807, 2.05) is 27.7 Å². The summed E-state index contributed by atoms with van der Waals surface area (Å²) >= 11 is 0. The van der Waals surface area contributed by atoms with Crippen molar-refractivity contribution in [2.24, 2.45) is 16.7 Å². The predicted octanol–water partition coefficient (Wildman–Crippen LogP) is 6.69. The first-order valence-electron chi connectivity index (χ1n) is 7.86. The molecule has 17 heavy (non-hydrogen) atoms. The van der Waals surface area contributed by atoms with Crippen LogP contribution in [-0.2, 0) is 0 Å². The molecule has 0 heteroatoms. The highest BCUT2D eigenvalue weighted by Crippen LogP contribution is 2.49. The van der Waals surface area contributed by atoms with Gasteiger partial charge in [0.1, 0.15) is 0 Å². The van der Waals surface area contributed by atoms with Crippen LogP contribution in [0.3, 0.4) is 0 Å². The van der Waals surface area contributed by atoms with Gasteiger partial charge in [-0.1, -0.05) is 81.6 Å². The van der Waals surface area contributed by atoms with Crippen LogP contribution in [0.2, 0.25) is 0 Å². The Hall–Kier alpha value is 0. The third-order valence-electron chi connectivity index (χ3n) is 4.56. The normalized spacial score (nSPS) is 17.5. The molecule has 106 valence electrons. The second-order valence-corrected chi connectivity index (χ2v) is 6.31. The summed E-state index contributed by atoms with van der Waals surface area (Å²) in [5, 5.41) is 0. The van der Waals surface area contributed by atoms with Gasteiger partial charge < -0.3 is 0 Å².